The third-order valence-electron chi connectivity index (χ3n) is 5.14. The Balaban J connectivity index is 1.49. The van der Waals surface area contributed by atoms with Gasteiger partial charge in [0, 0.05) is 30.2 Å². The largest absolute Gasteiger partial charge is 0.459 e. The van der Waals surface area contributed by atoms with Crippen molar-refractivity contribution >= 4 is 34.4 Å². The van der Waals surface area contributed by atoms with Gasteiger partial charge in [0.1, 0.15) is 17.4 Å². The summed E-state index contributed by atoms with van der Waals surface area (Å²) >= 11 is 0. The molecule has 1 aliphatic heterocycles. The van der Waals surface area contributed by atoms with Crippen LogP contribution in [0.1, 0.15) is 34.5 Å². The van der Waals surface area contributed by atoms with E-state index >= 15 is 0 Å². The molecule has 1 fully saturated rings. The number of anilines is 1. The summed E-state index contributed by atoms with van der Waals surface area (Å²) < 4.78 is 11.0. The fourth-order valence-corrected chi connectivity index (χ4v) is 3.56. The Morgan fingerprint density at radius 2 is 2.03 bits per heavy atom. The molecule has 0 bridgehead atoms. The van der Waals surface area contributed by atoms with E-state index in [9.17, 15) is 14.4 Å². The predicted molar refractivity (Wildman–Crippen MR) is 114 cm³/mol. The lowest BCUT2D eigenvalue weighted by Gasteiger charge is -2.22. The first kappa shape index (κ1) is 20.6. The summed E-state index contributed by atoms with van der Waals surface area (Å²) in [5, 5.41) is 9.26. The normalized spacial score (nSPS) is 16.2. The molecule has 8 nitrogen and oxygen atoms in total. The van der Waals surface area contributed by atoms with Gasteiger partial charge in [0.05, 0.1) is 13.2 Å². The Kier molecular flexibility index (Phi) is 5.99. The number of hydrogen-bond donors (Lipinski definition) is 3. The first-order chi connectivity index (χ1) is 15.0. The Bertz CT molecular complexity index is 1100. The number of fused-ring (bicyclic) bond motifs is 1. The molecule has 1 unspecified atom stereocenters. The lowest BCUT2D eigenvalue weighted by Crippen LogP contribution is -2.52. The summed E-state index contributed by atoms with van der Waals surface area (Å²) in [7, 11) is 1.55. The quantitative estimate of drug-likeness (QED) is 0.506. The van der Waals surface area contributed by atoms with Crippen molar-refractivity contribution < 1.29 is 23.5 Å². The predicted octanol–water partition coefficient (Wildman–Crippen LogP) is 2.73. The second-order valence-corrected chi connectivity index (χ2v) is 7.39. The molecule has 1 saturated heterocycles. The number of furan rings is 1. The smallest absolute Gasteiger partial charge is 0.252 e. The molecule has 1 atom stereocenters. The highest BCUT2D eigenvalue weighted by Gasteiger charge is 2.28. The molecule has 2 heterocycles. The number of amides is 3. The molecule has 160 valence electrons. The second kappa shape index (κ2) is 9.01. The fourth-order valence-electron chi connectivity index (χ4n) is 3.56. The minimum Gasteiger partial charge on any atom is -0.459 e. The van der Waals surface area contributed by atoms with E-state index in [1.807, 2.05) is 42.5 Å². The van der Waals surface area contributed by atoms with E-state index in [0.717, 1.165) is 22.4 Å². The van der Waals surface area contributed by atoms with Gasteiger partial charge >= 0.3 is 0 Å². The second-order valence-electron chi connectivity index (χ2n) is 7.39. The molecule has 8 heteroatoms. The molecule has 2 aromatic carbocycles. The maximum Gasteiger partial charge on any atom is 0.252 e. The third kappa shape index (κ3) is 4.75. The number of benzene rings is 2. The van der Waals surface area contributed by atoms with Gasteiger partial charge in [0.25, 0.3) is 5.91 Å². The SMILES string of the molecule is COCc1ccc(NCc2cc3ccccc3o2)cc1C(=O)NC1CCC(=O)NC1=O. The average molecular weight is 421 g/mol. The number of methoxy groups -OCH3 is 1. The highest BCUT2D eigenvalue weighted by atomic mass is 16.5. The van der Waals surface area contributed by atoms with Gasteiger partial charge in [-0.05, 0) is 36.2 Å². The standard InChI is InChI=1S/C23H23N3O5/c1-30-13-15-6-7-16(24-12-17-10-14-4-2-3-5-20(14)31-17)11-18(15)22(28)25-19-8-9-21(27)26-23(19)29/h2-7,10-11,19,24H,8-9,12-13H2,1H3,(H,25,28)(H,26,27,29). The van der Waals surface area contributed by atoms with Gasteiger partial charge in [-0.15, -0.1) is 0 Å². The van der Waals surface area contributed by atoms with Crippen molar-refractivity contribution in [1.82, 2.24) is 10.6 Å². The van der Waals surface area contributed by atoms with E-state index < -0.39 is 17.9 Å². The molecule has 1 aromatic heterocycles. The number of imide groups is 1. The summed E-state index contributed by atoms with van der Waals surface area (Å²) in [6.45, 7) is 0.703. The zero-order valence-electron chi connectivity index (χ0n) is 17.1. The van der Waals surface area contributed by atoms with Crippen molar-refractivity contribution in [3.05, 3.63) is 65.4 Å². The summed E-state index contributed by atoms with van der Waals surface area (Å²) in [5.41, 5.74) is 2.65. The van der Waals surface area contributed by atoms with Crippen molar-refractivity contribution in [1.29, 1.82) is 0 Å². The Morgan fingerprint density at radius 3 is 2.81 bits per heavy atom. The summed E-state index contributed by atoms with van der Waals surface area (Å²) in [5.74, 6) is -0.435. The number of para-hydroxylation sites is 1. The van der Waals surface area contributed by atoms with E-state index in [2.05, 4.69) is 16.0 Å². The van der Waals surface area contributed by atoms with Gasteiger partial charge < -0.3 is 19.8 Å². The lowest BCUT2D eigenvalue weighted by molar-refractivity contribution is -0.134. The molecule has 3 aromatic rings. The molecule has 3 N–H and O–H groups in total. The van der Waals surface area contributed by atoms with Crippen LogP contribution >= 0.6 is 0 Å². The van der Waals surface area contributed by atoms with Crippen molar-refractivity contribution in [2.75, 3.05) is 12.4 Å². The first-order valence-corrected chi connectivity index (χ1v) is 10.0. The lowest BCUT2D eigenvalue weighted by atomic mass is 10.0. The number of nitrogens with one attached hydrogen (secondary N) is 3. The maximum absolute atomic E-state index is 12.9. The molecule has 0 radical (unpaired) electrons. The topological polar surface area (TPSA) is 110 Å². The van der Waals surface area contributed by atoms with Gasteiger partial charge in [0.2, 0.25) is 11.8 Å². The Labute approximate surface area is 178 Å². The van der Waals surface area contributed by atoms with Crippen LogP contribution in [0.5, 0.6) is 0 Å². The van der Waals surface area contributed by atoms with Crippen LogP contribution in [0, 0.1) is 0 Å². The Morgan fingerprint density at radius 1 is 1.19 bits per heavy atom. The zero-order chi connectivity index (χ0) is 21.8. The highest BCUT2D eigenvalue weighted by Crippen LogP contribution is 2.22. The number of carbonyl (C=O) groups excluding carboxylic acids is 3. The van der Waals surface area contributed by atoms with Crippen LogP contribution in [0.3, 0.4) is 0 Å². The van der Waals surface area contributed by atoms with E-state index in [-0.39, 0.29) is 25.4 Å². The molecular formula is C23H23N3O5. The molecule has 0 aliphatic carbocycles. The van der Waals surface area contributed by atoms with Gasteiger partial charge in [-0.1, -0.05) is 24.3 Å². The maximum atomic E-state index is 12.9. The van der Waals surface area contributed by atoms with E-state index in [4.69, 9.17) is 9.15 Å². The van der Waals surface area contributed by atoms with E-state index in [1.165, 1.54) is 0 Å². The minimum absolute atomic E-state index is 0.195. The van der Waals surface area contributed by atoms with Crippen LogP contribution in [0.4, 0.5) is 5.69 Å². The van der Waals surface area contributed by atoms with Crippen molar-refractivity contribution in [3.63, 3.8) is 0 Å². The van der Waals surface area contributed by atoms with Crippen molar-refractivity contribution in [2.45, 2.75) is 32.0 Å². The van der Waals surface area contributed by atoms with Crippen LogP contribution < -0.4 is 16.0 Å². The number of rotatable bonds is 7. The van der Waals surface area contributed by atoms with Gasteiger partial charge in [0.15, 0.2) is 0 Å². The number of ether oxygens (including phenoxy) is 1. The summed E-state index contributed by atoms with van der Waals surface area (Å²) in [6.07, 6.45) is 0.473. The summed E-state index contributed by atoms with van der Waals surface area (Å²) in [6, 6.07) is 14.4. The van der Waals surface area contributed by atoms with Crippen molar-refractivity contribution in [3.8, 4) is 0 Å². The molecule has 0 saturated carbocycles. The van der Waals surface area contributed by atoms with Crippen LogP contribution in [-0.2, 0) is 27.5 Å². The molecule has 3 amide bonds. The minimum atomic E-state index is -0.743. The zero-order valence-corrected chi connectivity index (χ0v) is 17.1. The fraction of sp³-hybridized carbons (Fsp3) is 0.261. The van der Waals surface area contributed by atoms with Gasteiger partial charge in [-0.25, -0.2) is 0 Å². The molecule has 0 spiro atoms. The average Bonchev–Trinajstić information content (AvgIpc) is 3.18. The first-order valence-electron chi connectivity index (χ1n) is 10.0. The molecule has 31 heavy (non-hydrogen) atoms. The van der Waals surface area contributed by atoms with Crippen molar-refractivity contribution in [2.24, 2.45) is 0 Å². The van der Waals surface area contributed by atoms with Crippen LogP contribution in [0.15, 0.2) is 52.9 Å². The van der Waals surface area contributed by atoms with Gasteiger partial charge in [-0.2, -0.15) is 0 Å². The van der Waals surface area contributed by atoms with Crippen LogP contribution in [-0.4, -0.2) is 30.9 Å². The highest BCUT2D eigenvalue weighted by molar-refractivity contribution is 6.04. The van der Waals surface area contributed by atoms with E-state index in [1.54, 1.807) is 13.2 Å². The molecular weight excluding hydrogens is 398 g/mol. The summed E-state index contributed by atoms with van der Waals surface area (Å²) in [4.78, 5) is 36.2. The molecule has 1 aliphatic rings. The van der Waals surface area contributed by atoms with Crippen LogP contribution in [0.25, 0.3) is 11.0 Å². The van der Waals surface area contributed by atoms with Gasteiger partial charge in [-0.3, -0.25) is 19.7 Å². The third-order valence-corrected chi connectivity index (χ3v) is 5.14. The Hall–Kier alpha value is -3.65. The monoisotopic (exact) mass is 421 g/mol. The number of piperidine rings is 1. The molecule has 4 rings (SSSR count). The number of hydrogen-bond acceptors (Lipinski definition) is 6. The number of carbonyl (C=O) groups is 3. The van der Waals surface area contributed by atoms with Crippen LogP contribution in [0.2, 0.25) is 0 Å². The van der Waals surface area contributed by atoms with E-state index in [0.29, 0.717) is 17.7 Å².